The van der Waals surface area contributed by atoms with Gasteiger partial charge in [-0.1, -0.05) is 18.2 Å². The number of hydrogen-bond donors (Lipinski definition) is 0. The first-order chi connectivity index (χ1) is 15.3. The third-order valence-corrected chi connectivity index (χ3v) is 6.61. The lowest BCUT2D eigenvalue weighted by Crippen LogP contribution is -2.49. The molecular formula is C23H23FN4O3S. The summed E-state index contributed by atoms with van der Waals surface area (Å²) < 4.78 is 39.8. The van der Waals surface area contributed by atoms with E-state index in [4.69, 9.17) is 0 Å². The average Bonchev–Trinajstić information content (AvgIpc) is 3.22. The Balaban J connectivity index is 1.58. The SMILES string of the molecule is CS(=O)(=O)N1CCN(C(=O)C=Cc2cn(-c3ccccc3)nc2-c2ccc(F)cc2)CC1. The van der Waals surface area contributed by atoms with Crippen LogP contribution in [-0.2, 0) is 14.8 Å². The first kappa shape index (κ1) is 21.9. The number of benzene rings is 2. The molecule has 0 aliphatic carbocycles. The van der Waals surface area contributed by atoms with Gasteiger partial charge in [0.05, 0.1) is 17.6 Å². The van der Waals surface area contributed by atoms with Crippen molar-refractivity contribution >= 4 is 22.0 Å². The summed E-state index contributed by atoms with van der Waals surface area (Å²) in [5.74, 6) is -0.535. The summed E-state index contributed by atoms with van der Waals surface area (Å²) in [6.07, 6.45) is 6.15. The zero-order valence-corrected chi connectivity index (χ0v) is 18.4. The lowest BCUT2D eigenvalue weighted by molar-refractivity contribution is -0.127. The minimum atomic E-state index is -3.25. The molecule has 1 amide bonds. The monoisotopic (exact) mass is 454 g/mol. The number of piperazine rings is 1. The largest absolute Gasteiger partial charge is 0.337 e. The predicted molar refractivity (Wildman–Crippen MR) is 121 cm³/mol. The van der Waals surface area contributed by atoms with Gasteiger partial charge < -0.3 is 4.90 Å². The van der Waals surface area contributed by atoms with Gasteiger partial charge in [0.15, 0.2) is 0 Å². The Morgan fingerprint density at radius 3 is 2.28 bits per heavy atom. The van der Waals surface area contributed by atoms with Crippen LogP contribution >= 0.6 is 0 Å². The molecule has 0 atom stereocenters. The Morgan fingerprint density at radius 2 is 1.66 bits per heavy atom. The van der Waals surface area contributed by atoms with E-state index in [1.54, 1.807) is 27.8 Å². The number of carbonyl (C=O) groups excluding carboxylic acids is 1. The van der Waals surface area contributed by atoms with Gasteiger partial charge in [-0.05, 0) is 42.5 Å². The van der Waals surface area contributed by atoms with Crippen molar-refractivity contribution in [1.82, 2.24) is 19.0 Å². The Morgan fingerprint density at radius 1 is 1.00 bits per heavy atom. The first-order valence-corrected chi connectivity index (χ1v) is 12.0. The van der Waals surface area contributed by atoms with Gasteiger partial charge in [-0.3, -0.25) is 4.79 Å². The summed E-state index contributed by atoms with van der Waals surface area (Å²) >= 11 is 0. The van der Waals surface area contributed by atoms with E-state index in [1.807, 2.05) is 36.5 Å². The molecule has 2 aromatic carbocycles. The van der Waals surface area contributed by atoms with Crippen LogP contribution in [0.15, 0.2) is 66.9 Å². The molecule has 1 fully saturated rings. The third kappa shape index (κ3) is 4.95. The molecule has 3 aromatic rings. The number of para-hydroxylation sites is 1. The normalized spacial score (nSPS) is 15.4. The molecule has 166 valence electrons. The van der Waals surface area contributed by atoms with Gasteiger partial charge in [-0.2, -0.15) is 9.40 Å². The van der Waals surface area contributed by atoms with Crippen molar-refractivity contribution in [3.63, 3.8) is 0 Å². The van der Waals surface area contributed by atoms with Gasteiger partial charge in [-0.25, -0.2) is 17.5 Å². The molecule has 0 bridgehead atoms. The Kier molecular flexibility index (Phi) is 6.20. The quantitative estimate of drug-likeness (QED) is 0.556. The smallest absolute Gasteiger partial charge is 0.246 e. The average molecular weight is 455 g/mol. The summed E-state index contributed by atoms with van der Waals surface area (Å²) in [7, 11) is -3.25. The maximum absolute atomic E-state index is 13.4. The maximum atomic E-state index is 13.4. The zero-order chi connectivity index (χ0) is 22.7. The molecule has 1 aromatic heterocycles. The second kappa shape index (κ2) is 9.05. The van der Waals surface area contributed by atoms with E-state index < -0.39 is 10.0 Å². The van der Waals surface area contributed by atoms with Crippen molar-refractivity contribution < 1.29 is 17.6 Å². The Bertz CT molecular complexity index is 1230. The van der Waals surface area contributed by atoms with Crippen LogP contribution in [0.3, 0.4) is 0 Å². The van der Waals surface area contributed by atoms with Crippen LogP contribution in [0.1, 0.15) is 5.56 Å². The summed E-state index contributed by atoms with van der Waals surface area (Å²) in [6, 6.07) is 15.6. The van der Waals surface area contributed by atoms with Gasteiger partial charge in [0.1, 0.15) is 5.82 Å². The highest BCUT2D eigenvalue weighted by Gasteiger charge is 2.25. The fourth-order valence-electron chi connectivity index (χ4n) is 3.56. The molecule has 9 heteroatoms. The molecule has 4 rings (SSSR count). The van der Waals surface area contributed by atoms with Crippen molar-refractivity contribution in [2.75, 3.05) is 32.4 Å². The number of sulfonamides is 1. The van der Waals surface area contributed by atoms with Crippen molar-refractivity contribution in [2.24, 2.45) is 0 Å². The molecule has 1 aliphatic heterocycles. The predicted octanol–water partition coefficient (Wildman–Crippen LogP) is 2.80. The number of rotatable bonds is 5. The highest BCUT2D eigenvalue weighted by Crippen LogP contribution is 2.25. The molecule has 1 saturated heterocycles. The van der Waals surface area contributed by atoms with E-state index in [2.05, 4.69) is 5.10 Å². The van der Waals surface area contributed by atoms with Gasteiger partial charge >= 0.3 is 0 Å². The van der Waals surface area contributed by atoms with Crippen molar-refractivity contribution in [2.45, 2.75) is 0 Å². The van der Waals surface area contributed by atoms with Gasteiger partial charge in [0.25, 0.3) is 0 Å². The fraction of sp³-hybridized carbons (Fsp3) is 0.217. The standard InChI is InChI=1S/C23H23FN4O3S/c1-32(30,31)27-15-13-26(14-16-27)22(29)12-9-19-17-28(21-5-3-2-4-6-21)25-23(19)18-7-10-20(24)11-8-18/h2-12,17H,13-16H2,1H3. The summed E-state index contributed by atoms with van der Waals surface area (Å²) in [6.45, 7) is 1.24. The Labute approximate surface area is 186 Å². The molecule has 0 radical (unpaired) electrons. The molecule has 2 heterocycles. The second-order valence-corrected chi connectivity index (χ2v) is 9.52. The lowest BCUT2D eigenvalue weighted by Gasteiger charge is -2.32. The van der Waals surface area contributed by atoms with Crippen LogP contribution < -0.4 is 0 Å². The van der Waals surface area contributed by atoms with Crippen molar-refractivity contribution in [3.8, 4) is 16.9 Å². The third-order valence-electron chi connectivity index (χ3n) is 5.31. The van der Waals surface area contributed by atoms with Gasteiger partial charge in [0.2, 0.25) is 15.9 Å². The highest BCUT2D eigenvalue weighted by molar-refractivity contribution is 7.88. The molecule has 0 N–H and O–H groups in total. The molecule has 7 nitrogen and oxygen atoms in total. The van der Waals surface area contributed by atoms with Crippen molar-refractivity contribution in [3.05, 3.63) is 78.3 Å². The first-order valence-electron chi connectivity index (χ1n) is 10.1. The lowest BCUT2D eigenvalue weighted by atomic mass is 10.1. The van der Waals surface area contributed by atoms with Gasteiger partial charge in [-0.15, -0.1) is 0 Å². The molecule has 0 spiro atoms. The molecule has 0 saturated carbocycles. The number of hydrogen-bond acceptors (Lipinski definition) is 4. The van der Waals surface area contributed by atoms with Crippen LogP contribution in [0, 0.1) is 5.82 Å². The number of nitrogens with zero attached hydrogens (tertiary/aromatic N) is 4. The van der Waals surface area contributed by atoms with Crippen LogP contribution in [0.4, 0.5) is 4.39 Å². The highest BCUT2D eigenvalue weighted by atomic mass is 32.2. The van der Waals surface area contributed by atoms with Crippen LogP contribution in [-0.4, -0.2) is 65.7 Å². The fourth-order valence-corrected chi connectivity index (χ4v) is 4.39. The van der Waals surface area contributed by atoms with Crippen LogP contribution in [0.25, 0.3) is 23.0 Å². The summed E-state index contributed by atoms with van der Waals surface area (Å²) in [4.78, 5) is 14.3. The minimum absolute atomic E-state index is 0.198. The maximum Gasteiger partial charge on any atom is 0.246 e. The van der Waals surface area contributed by atoms with E-state index in [0.717, 1.165) is 11.3 Å². The molecular weight excluding hydrogens is 431 g/mol. The van der Waals surface area contributed by atoms with E-state index in [9.17, 15) is 17.6 Å². The van der Waals surface area contributed by atoms with E-state index >= 15 is 0 Å². The minimum Gasteiger partial charge on any atom is -0.337 e. The van der Waals surface area contributed by atoms with Gasteiger partial charge in [0, 0.05) is 49.6 Å². The molecule has 1 aliphatic rings. The van der Waals surface area contributed by atoms with Crippen LogP contribution in [0.2, 0.25) is 0 Å². The topological polar surface area (TPSA) is 75.5 Å². The second-order valence-electron chi connectivity index (χ2n) is 7.54. The number of halogens is 1. The van der Waals surface area contributed by atoms with Crippen molar-refractivity contribution in [1.29, 1.82) is 0 Å². The number of carbonyl (C=O) groups is 1. The molecule has 32 heavy (non-hydrogen) atoms. The number of amides is 1. The Hall–Kier alpha value is -3.30. The van der Waals surface area contributed by atoms with E-state index in [0.29, 0.717) is 24.3 Å². The van der Waals surface area contributed by atoms with Crippen LogP contribution in [0.5, 0.6) is 0 Å². The summed E-state index contributed by atoms with van der Waals surface area (Å²) in [5, 5.41) is 4.65. The zero-order valence-electron chi connectivity index (χ0n) is 17.6. The number of aromatic nitrogens is 2. The van der Waals surface area contributed by atoms with E-state index in [-0.39, 0.29) is 24.8 Å². The summed E-state index contributed by atoms with van der Waals surface area (Å²) in [5.41, 5.74) is 2.93. The molecule has 0 unspecified atom stereocenters. The van der Waals surface area contributed by atoms with E-state index in [1.165, 1.54) is 28.8 Å².